The second-order valence-corrected chi connectivity index (χ2v) is 7.26. The van der Waals surface area contributed by atoms with Crippen LogP contribution in [-0.4, -0.2) is 29.5 Å². The van der Waals surface area contributed by atoms with Crippen molar-refractivity contribution >= 4 is 40.6 Å². The van der Waals surface area contributed by atoms with Crippen LogP contribution in [0, 0.1) is 0 Å². The fourth-order valence-electron chi connectivity index (χ4n) is 2.79. The number of nitrogens with two attached hydrogens (primary N) is 1. The average Bonchev–Trinajstić information content (AvgIpc) is 2.68. The molecule has 0 radical (unpaired) electrons. The van der Waals surface area contributed by atoms with E-state index in [0.717, 1.165) is 29.2 Å². The molecule has 2 aliphatic rings. The van der Waals surface area contributed by atoms with Crippen molar-refractivity contribution in [3.63, 3.8) is 0 Å². The Morgan fingerprint density at radius 3 is 2.95 bits per heavy atom. The van der Waals surface area contributed by atoms with E-state index in [0.29, 0.717) is 16.3 Å². The number of rotatable bonds is 1. The monoisotopic (exact) mass is 311 g/mol. The van der Waals surface area contributed by atoms with Gasteiger partial charge in [0.1, 0.15) is 6.04 Å². The molecule has 3 N–H and O–H groups in total. The zero-order valence-corrected chi connectivity index (χ0v) is 13.1. The number of hydrogen-bond acceptors (Lipinski definition) is 4. The molecule has 2 heterocycles. The van der Waals surface area contributed by atoms with E-state index in [1.807, 2.05) is 23.9 Å². The molecule has 4 nitrogen and oxygen atoms in total. The lowest BCUT2D eigenvalue weighted by molar-refractivity contribution is -0.116. The number of carbonyl (C=O) groups is 1. The Balaban J connectivity index is 1.99. The van der Waals surface area contributed by atoms with Gasteiger partial charge < -0.3 is 16.0 Å². The van der Waals surface area contributed by atoms with Gasteiger partial charge in [0.2, 0.25) is 5.91 Å². The van der Waals surface area contributed by atoms with Crippen molar-refractivity contribution in [1.82, 2.24) is 0 Å². The van der Waals surface area contributed by atoms with E-state index < -0.39 is 6.04 Å². The molecule has 0 aliphatic carbocycles. The lowest BCUT2D eigenvalue weighted by atomic mass is 10.1. The summed E-state index contributed by atoms with van der Waals surface area (Å²) in [5.74, 6) is 0.925. The van der Waals surface area contributed by atoms with Crippen molar-refractivity contribution in [2.45, 2.75) is 31.2 Å². The molecule has 0 bridgehead atoms. The number of benzene rings is 1. The maximum absolute atomic E-state index is 11.7. The Kier molecular flexibility index (Phi) is 3.60. The summed E-state index contributed by atoms with van der Waals surface area (Å²) in [6.07, 6.45) is 0. The first-order valence-electron chi connectivity index (χ1n) is 6.77. The molecule has 1 saturated heterocycles. The fourth-order valence-corrected chi connectivity index (χ4v) is 4.17. The highest BCUT2D eigenvalue weighted by molar-refractivity contribution is 8.00. The molecule has 108 valence electrons. The summed E-state index contributed by atoms with van der Waals surface area (Å²) in [6.45, 7) is 5.42. The standard InChI is InChI=1S/C14H18ClN3OS/c1-7-8(2)20-4-3-18(7)12-6-11-9(5-10(12)15)13(16)14(19)17-11/h5-8,13H,3-4,16H2,1-2H3,(H,17,19). The lowest BCUT2D eigenvalue weighted by Crippen LogP contribution is -2.44. The molecular formula is C14H18ClN3OS. The molecule has 3 atom stereocenters. The van der Waals surface area contributed by atoms with Crippen LogP contribution in [0.15, 0.2) is 12.1 Å². The van der Waals surface area contributed by atoms with Crippen molar-refractivity contribution in [2.75, 3.05) is 22.5 Å². The van der Waals surface area contributed by atoms with Crippen molar-refractivity contribution in [3.8, 4) is 0 Å². The van der Waals surface area contributed by atoms with Crippen molar-refractivity contribution in [3.05, 3.63) is 22.7 Å². The highest BCUT2D eigenvalue weighted by atomic mass is 35.5. The molecule has 0 aromatic heterocycles. The van der Waals surface area contributed by atoms with Gasteiger partial charge in [-0.15, -0.1) is 0 Å². The van der Waals surface area contributed by atoms with Gasteiger partial charge in [0.25, 0.3) is 0 Å². The quantitative estimate of drug-likeness (QED) is 0.837. The first-order chi connectivity index (χ1) is 9.49. The fraction of sp³-hybridized carbons (Fsp3) is 0.500. The summed E-state index contributed by atoms with van der Waals surface area (Å²) in [5, 5.41) is 4.05. The molecule has 1 fully saturated rings. The Morgan fingerprint density at radius 1 is 1.45 bits per heavy atom. The second-order valence-electron chi connectivity index (χ2n) is 5.37. The summed E-state index contributed by atoms with van der Waals surface area (Å²) in [7, 11) is 0. The lowest BCUT2D eigenvalue weighted by Gasteiger charge is -2.39. The third-order valence-electron chi connectivity index (χ3n) is 4.19. The molecule has 1 amide bonds. The summed E-state index contributed by atoms with van der Waals surface area (Å²) in [4.78, 5) is 14.0. The molecule has 1 aromatic carbocycles. The van der Waals surface area contributed by atoms with Gasteiger partial charge in [0.15, 0.2) is 0 Å². The Morgan fingerprint density at radius 2 is 2.20 bits per heavy atom. The molecule has 0 saturated carbocycles. The summed E-state index contributed by atoms with van der Waals surface area (Å²) < 4.78 is 0. The van der Waals surface area contributed by atoms with Gasteiger partial charge >= 0.3 is 0 Å². The van der Waals surface area contributed by atoms with Gasteiger partial charge in [-0.2, -0.15) is 11.8 Å². The first-order valence-corrected chi connectivity index (χ1v) is 8.20. The van der Waals surface area contributed by atoms with Gasteiger partial charge in [-0.05, 0) is 19.1 Å². The maximum Gasteiger partial charge on any atom is 0.245 e. The van der Waals surface area contributed by atoms with Gasteiger partial charge in [-0.3, -0.25) is 4.79 Å². The number of fused-ring (bicyclic) bond motifs is 1. The molecule has 0 spiro atoms. The summed E-state index contributed by atoms with van der Waals surface area (Å²) in [6, 6.07) is 3.59. The van der Waals surface area contributed by atoms with E-state index >= 15 is 0 Å². The topological polar surface area (TPSA) is 58.4 Å². The number of anilines is 2. The van der Waals surface area contributed by atoms with Crippen LogP contribution >= 0.6 is 23.4 Å². The molecule has 1 aromatic rings. The van der Waals surface area contributed by atoms with Gasteiger partial charge in [0, 0.05) is 34.8 Å². The van der Waals surface area contributed by atoms with Gasteiger partial charge in [-0.25, -0.2) is 0 Å². The van der Waals surface area contributed by atoms with E-state index in [1.165, 1.54) is 0 Å². The number of halogens is 1. The van der Waals surface area contributed by atoms with Crippen LogP contribution in [0.1, 0.15) is 25.5 Å². The molecular weight excluding hydrogens is 294 g/mol. The van der Waals surface area contributed by atoms with E-state index in [-0.39, 0.29) is 5.91 Å². The normalized spacial score (nSPS) is 29.3. The van der Waals surface area contributed by atoms with Crippen LogP contribution in [0.3, 0.4) is 0 Å². The van der Waals surface area contributed by atoms with Crippen LogP contribution < -0.4 is 16.0 Å². The van der Waals surface area contributed by atoms with Crippen LogP contribution in [-0.2, 0) is 4.79 Å². The smallest absolute Gasteiger partial charge is 0.245 e. The van der Waals surface area contributed by atoms with Crippen molar-refractivity contribution in [2.24, 2.45) is 5.73 Å². The largest absolute Gasteiger partial charge is 0.366 e. The van der Waals surface area contributed by atoms with Gasteiger partial charge in [0.05, 0.1) is 10.7 Å². The Hall–Kier alpha value is -0.910. The third kappa shape index (κ3) is 2.18. The minimum absolute atomic E-state index is 0.163. The van der Waals surface area contributed by atoms with Gasteiger partial charge in [-0.1, -0.05) is 18.5 Å². The number of amides is 1. The van der Waals surface area contributed by atoms with E-state index in [1.54, 1.807) is 0 Å². The van der Waals surface area contributed by atoms with Crippen LogP contribution in [0.5, 0.6) is 0 Å². The maximum atomic E-state index is 11.7. The number of nitrogens with zero attached hydrogens (tertiary/aromatic N) is 1. The predicted octanol–water partition coefficient (Wildman–Crippen LogP) is 2.62. The molecule has 20 heavy (non-hydrogen) atoms. The third-order valence-corrected chi connectivity index (χ3v) is 5.83. The molecule has 6 heteroatoms. The number of hydrogen-bond donors (Lipinski definition) is 2. The number of carbonyl (C=O) groups excluding carboxylic acids is 1. The Labute approximate surface area is 128 Å². The molecule has 3 unspecified atom stereocenters. The zero-order valence-electron chi connectivity index (χ0n) is 11.5. The Bertz CT molecular complexity index is 566. The first kappa shape index (κ1) is 14.0. The second kappa shape index (κ2) is 5.13. The minimum Gasteiger partial charge on any atom is -0.366 e. The molecule has 2 aliphatic heterocycles. The number of thioether (sulfide) groups is 1. The zero-order chi connectivity index (χ0) is 14.4. The van der Waals surface area contributed by atoms with Crippen molar-refractivity contribution in [1.29, 1.82) is 0 Å². The highest BCUT2D eigenvalue weighted by Gasteiger charge is 2.31. The van der Waals surface area contributed by atoms with E-state index in [2.05, 4.69) is 24.1 Å². The summed E-state index contributed by atoms with van der Waals surface area (Å²) >= 11 is 8.41. The highest BCUT2D eigenvalue weighted by Crippen LogP contribution is 2.40. The van der Waals surface area contributed by atoms with Crippen LogP contribution in [0.25, 0.3) is 0 Å². The summed E-state index contributed by atoms with van der Waals surface area (Å²) in [5.41, 5.74) is 8.41. The van der Waals surface area contributed by atoms with E-state index in [9.17, 15) is 4.79 Å². The molecule has 3 rings (SSSR count). The van der Waals surface area contributed by atoms with Crippen molar-refractivity contribution < 1.29 is 4.79 Å². The number of nitrogens with one attached hydrogen (secondary N) is 1. The van der Waals surface area contributed by atoms with E-state index in [4.69, 9.17) is 17.3 Å². The minimum atomic E-state index is -0.607. The predicted molar refractivity (Wildman–Crippen MR) is 85.7 cm³/mol. The SMILES string of the molecule is CC1SCCN(c2cc3c(cc2Cl)C(N)C(=O)N3)C1C. The van der Waals surface area contributed by atoms with Crippen LogP contribution in [0.2, 0.25) is 5.02 Å². The average molecular weight is 312 g/mol. The van der Waals surface area contributed by atoms with Crippen LogP contribution in [0.4, 0.5) is 11.4 Å².